The number of rotatable bonds is 2. The molecule has 3 aromatic rings. The van der Waals surface area contributed by atoms with Crippen molar-refractivity contribution in [3.63, 3.8) is 0 Å². The minimum atomic E-state index is 0.961. The molecular formula is C14H15N3. The van der Waals surface area contributed by atoms with Gasteiger partial charge in [0.25, 0.3) is 0 Å². The van der Waals surface area contributed by atoms with Crippen LogP contribution in [0.4, 0.5) is 0 Å². The molecule has 0 radical (unpaired) electrons. The Balaban J connectivity index is 2.45. The Labute approximate surface area is 100 Å². The second kappa shape index (κ2) is 3.84. The van der Waals surface area contributed by atoms with Crippen LogP contribution in [0.2, 0.25) is 0 Å². The molecule has 0 bridgehead atoms. The molecule has 0 fully saturated rings. The van der Waals surface area contributed by atoms with Gasteiger partial charge in [0.05, 0.1) is 16.7 Å². The summed E-state index contributed by atoms with van der Waals surface area (Å²) in [7, 11) is 0. The van der Waals surface area contributed by atoms with Gasteiger partial charge in [-0.1, -0.05) is 25.1 Å². The van der Waals surface area contributed by atoms with E-state index in [1.54, 1.807) is 0 Å². The number of fused-ring (bicyclic) bond motifs is 3. The molecule has 0 amide bonds. The number of aryl methyl sites for hydroxylation is 2. The summed E-state index contributed by atoms with van der Waals surface area (Å²) >= 11 is 0. The SMILES string of the molecule is CCCc1nc2ccccc2c2cc(C)nn12. The summed E-state index contributed by atoms with van der Waals surface area (Å²) < 4.78 is 1.99. The highest BCUT2D eigenvalue weighted by atomic mass is 15.3. The Morgan fingerprint density at radius 3 is 2.88 bits per heavy atom. The van der Waals surface area contributed by atoms with E-state index in [4.69, 9.17) is 4.98 Å². The smallest absolute Gasteiger partial charge is 0.131 e. The van der Waals surface area contributed by atoms with Gasteiger partial charge in [0.2, 0.25) is 0 Å². The molecule has 17 heavy (non-hydrogen) atoms. The van der Waals surface area contributed by atoms with E-state index < -0.39 is 0 Å². The van der Waals surface area contributed by atoms with Crippen LogP contribution in [0.15, 0.2) is 30.3 Å². The zero-order valence-corrected chi connectivity index (χ0v) is 10.1. The molecule has 2 heterocycles. The molecule has 86 valence electrons. The van der Waals surface area contributed by atoms with Crippen LogP contribution >= 0.6 is 0 Å². The molecule has 0 saturated heterocycles. The zero-order chi connectivity index (χ0) is 11.8. The molecule has 0 unspecified atom stereocenters. The second-order valence-electron chi connectivity index (χ2n) is 4.38. The maximum absolute atomic E-state index is 4.71. The van der Waals surface area contributed by atoms with Gasteiger partial charge in [-0.15, -0.1) is 0 Å². The number of aromatic nitrogens is 3. The van der Waals surface area contributed by atoms with Crippen LogP contribution in [0.5, 0.6) is 0 Å². The van der Waals surface area contributed by atoms with Crippen molar-refractivity contribution >= 4 is 16.4 Å². The third-order valence-corrected chi connectivity index (χ3v) is 2.98. The first-order valence-electron chi connectivity index (χ1n) is 6.03. The molecule has 0 saturated carbocycles. The van der Waals surface area contributed by atoms with Crippen LogP contribution in [0.25, 0.3) is 16.4 Å². The average Bonchev–Trinajstić information content (AvgIpc) is 2.72. The Kier molecular flexibility index (Phi) is 2.32. The van der Waals surface area contributed by atoms with Crippen LogP contribution in [-0.2, 0) is 6.42 Å². The van der Waals surface area contributed by atoms with E-state index in [-0.39, 0.29) is 0 Å². The lowest BCUT2D eigenvalue weighted by molar-refractivity contribution is 0.764. The first-order chi connectivity index (χ1) is 8.29. The van der Waals surface area contributed by atoms with E-state index >= 15 is 0 Å². The van der Waals surface area contributed by atoms with Crippen molar-refractivity contribution < 1.29 is 0 Å². The van der Waals surface area contributed by atoms with Crippen LogP contribution in [0.1, 0.15) is 24.9 Å². The first-order valence-corrected chi connectivity index (χ1v) is 6.03. The molecule has 0 aliphatic carbocycles. The van der Waals surface area contributed by atoms with E-state index in [1.807, 2.05) is 23.6 Å². The predicted molar refractivity (Wildman–Crippen MR) is 69.2 cm³/mol. The van der Waals surface area contributed by atoms with Crippen molar-refractivity contribution in [2.75, 3.05) is 0 Å². The van der Waals surface area contributed by atoms with Gasteiger partial charge in [0.1, 0.15) is 5.82 Å². The fourth-order valence-corrected chi connectivity index (χ4v) is 2.25. The van der Waals surface area contributed by atoms with Gasteiger partial charge in [-0.25, -0.2) is 9.50 Å². The molecule has 0 aliphatic heterocycles. The third-order valence-electron chi connectivity index (χ3n) is 2.98. The molecule has 3 nitrogen and oxygen atoms in total. The van der Waals surface area contributed by atoms with Crippen LogP contribution in [-0.4, -0.2) is 14.6 Å². The largest absolute Gasteiger partial charge is 0.233 e. The first kappa shape index (κ1) is 10.3. The quantitative estimate of drug-likeness (QED) is 0.670. The second-order valence-corrected chi connectivity index (χ2v) is 4.38. The number of para-hydroxylation sites is 1. The van der Waals surface area contributed by atoms with Crippen molar-refractivity contribution in [1.82, 2.24) is 14.6 Å². The van der Waals surface area contributed by atoms with Crippen LogP contribution < -0.4 is 0 Å². The van der Waals surface area contributed by atoms with Crippen molar-refractivity contribution in [3.05, 3.63) is 41.9 Å². The molecule has 2 aromatic heterocycles. The maximum atomic E-state index is 4.71. The predicted octanol–water partition coefficient (Wildman–Crippen LogP) is 3.14. The van der Waals surface area contributed by atoms with Gasteiger partial charge in [-0.3, -0.25) is 0 Å². The van der Waals surface area contributed by atoms with Crippen LogP contribution in [0.3, 0.4) is 0 Å². The maximum Gasteiger partial charge on any atom is 0.131 e. The van der Waals surface area contributed by atoms with Crippen molar-refractivity contribution in [3.8, 4) is 0 Å². The minimum absolute atomic E-state index is 0.961. The Morgan fingerprint density at radius 2 is 2.06 bits per heavy atom. The topological polar surface area (TPSA) is 30.2 Å². The molecule has 3 heteroatoms. The highest BCUT2D eigenvalue weighted by molar-refractivity contribution is 5.93. The van der Waals surface area contributed by atoms with E-state index in [0.717, 1.165) is 35.4 Å². The summed E-state index contributed by atoms with van der Waals surface area (Å²) in [5.74, 6) is 1.05. The molecule has 0 spiro atoms. The Hall–Kier alpha value is -1.90. The van der Waals surface area contributed by atoms with Crippen molar-refractivity contribution in [1.29, 1.82) is 0 Å². The number of benzene rings is 1. The summed E-state index contributed by atoms with van der Waals surface area (Å²) in [5.41, 5.74) is 3.26. The van der Waals surface area contributed by atoms with Crippen molar-refractivity contribution in [2.24, 2.45) is 0 Å². The molecule has 3 rings (SSSR count). The molecule has 1 aromatic carbocycles. The fourth-order valence-electron chi connectivity index (χ4n) is 2.25. The standard InChI is InChI=1S/C14H15N3/c1-3-6-14-15-12-8-5-4-7-11(12)13-9-10(2)16-17(13)14/h4-5,7-9H,3,6H2,1-2H3. The summed E-state index contributed by atoms with van der Waals surface area (Å²) in [4.78, 5) is 4.71. The molecule has 0 N–H and O–H groups in total. The molecular weight excluding hydrogens is 210 g/mol. The van der Waals surface area contributed by atoms with E-state index in [9.17, 15) is 0 Å². The van der Waals surface area contributed by atoms with Gasteiger partial charge < -0.3 is 0 Å². The average molecular weight is 225 g/mol. The number of hydrogen-bond acceptors (Lipinski definition) is 2. The van der Waals surface area contributed by atoms with Crippen LogP contribution in [0, 0.1) is 6.92 Å². The van der Waals surface area contributed by atoms with Gasteiger partial charge in [-0.2, -0.15) is 5.10 Å². The minimum Gasteiger partial charge on any atom is -0.233 e. The van der Waals surface area contributed by atoms with E-state index in [0.29, 0.717) is 0 Å². The van der Waals surface area contributed by atoms with Gasteiger partial charge in [0, 0.05) is 11.8 Å². The van der Waals surface area contributed by atoms with Gasteiger partial charge in [0.15, 0.2) is 0 Å². The molecule has 0 aliphatic rings. The third kappa shape index (κ3) is 1.58. The molecule has 0 atom stereocenters. The van der Waals surface area contributed by atoms with Crippen molar-refractivity contribution in [2.45, 2.75) is 26.7 Å². The normalized spacial score (nSPS) is 11.4. The van der Waals surface area contributed by atoms with E-state index in [2.05, 4.69) is 30.2 Å². The fraction of sp³-hybridized carbons (Fsp3) is 0.286. The summed E-state index contributed by atoms with van der Waals surface area (Å²) in [5, 5.41) is 5.71. The van der Waals surface area contributed by atoms with Gasteiger partial charge >= 0.3 is 0 Å². The Bertz CT molecular complexity index is 682. The summed E-state index contributed by atoms with van der Waals surface area (Å²) in [6.07, 6.45) is 2.04. The highest BCUT2D eigenvalue weighted by Gasteiger charge is 2.09. The summed E-state index contributed by atoms with van der Waals surface area (Å²) in [6.45, 7) is 4.19. The lowest BCUT2D eigenvalue weighted by Crippen LogP contribution is -2.03. The lowest BCUT2D eigenvalue weighted by Gasteiger charge is -2.06. The van der Waals surface area contributed by atoms with Gasteiger partial charge in [-0.05, 0) is 25.5 Å². The summed E-state index contributed by atoms with van der Waals surface area (Å²) in [6, 6.07) is 10.4. The van der Waals surface area contributed by atoms with E-state index in [1.165, 1.54) is 5.39 Å². The zero-order valence-electron chi connectivity index (χ0n) is 10.1. The lowest BCUT2D eigenvalue weighted by atomic mass is 10.2. The number of nitrogens with zero attached hydrogens (tertiary/aromatic N) is 3. The monoisotopic (exact) mass is 225 g/mol. The Morgan fingerprint density at radius 1 is 1.24 bits per heavy atom. The number of hydrogen-bond donors (Lipinski definition) is 0. The highest BCUT2D eigenvalue weighted by Crippen LogP contribution is 2.20.